The molecule has 32 heavy (non-hydrogen) atoms. The van der Waals surface area contributed by atoms with Crippen LogP contribution in [0.25, 0.3) is 11.1 Å². The first-order valence-corrected chi connectivity index (χ1v) is 13.1. The van der Waals surface area contributed by atoms with Gasteiger partial charge in [-0.1, -0.05) is 54.1 Å². The molecule has 0 aliphatic carbocycles. The molecule has 0 saturated carbocycles. The van der Waals surface area contributed by atoms with Crippen molar-refractivity contribution in [2.24, 2.45) is 5.92 Å². The number of ether oxygens (including phenoxy) is 1. The summed E-state index contributed by atoms with van der Waals surface area (Å²) in [6.07, 6.45) is 3.55. The summed E-state index contributed by atoms with van der Waals surface area (Å²) in [5, 5.41) is 0. The average Bonchev–Trinajstić information content (AvgIpc) is 2.79. The van der Waals surface area contributed by atoms with Crippen LogP contribution in [0, 0.1) is 12.8 Å². The van der Waals surface area contributed by atoms with Gasteiger partial charge < -0.3 is 4.74 Å². The molecule has 0 radical (unpaired) electrons. The van der Waals surface area contributed by atoms with E-state index in [1.54, 1.807) is 12.1 Å². The molecule has 1 heterocycles. The van der Waals surface area contributed by atoms with Crippen LogP contribution in [0.3, 0.4) is 0 Å². The Labute approximate surface area is 191 Å². The third kappa shape index (κ3) is 5.99. The molecule has 4 rings (SSSR count). The molecule has 1 aliphatic heterocycles. The van der Waals surface area contributed by atoms with Gasteiger partial charge in [0.2, 0.25) is 0 Å². The number of piperidine rings is 1. The van der Waals surface area contributed by atoms with Crippen LogP contribution in [-0.2, 0) is 16.4 Å². The Bertz CT molecular complexity index is 1130. The number of hydrogen-bond acceptors (Lipinski definition) is 4. The maximum absolute atomic E-state index is 11.6. The molecule has 0 amide bonds. The van der Waals surface area contributed by atoms with E-state index < -0.39 is 9.84 Å². The van der Waals surface area contributed by atoms with Gasteiger partial charge in [-0.15, -0.1) is 0 Å². The molecule has 0 atom stereocenters. The minimum Gasteiger partial charge on any atom is -0.493 e. The SMILES string of the molecule is Cc1cccc(CN2CCC(COc3ccc(-c4ccc(S(C)(=O)=O)cc4)cc3)CC2)c1. The molecule has 5 heteroatoms. The molecular weight excluding hydrogens is 418 g/mol. The van der Waals surface area contributed by atoms with Gasteiger partial charge >= 0.3 is 0 Å². The molecule has 3 aromatic rings. The van der Waals surface area contributed by atoms with E-state index >= 15 is 0 Å². The highest BCUT2D eigenvalue weighted by Gasteiger charge is 2.20. The lowest BCUT2D eigenvalue weighted by atomic mass is 9.97. The first-order valence-electron chi connectivity index (χ1n) is 11.2. The number of benzene rings is 3. The maximum atomic E-state index is 11.6. The van der Waals surface area contributed by atoms with Crippen molar-refractivity contribution in [3.63, 3.8) is 0 Å². The Kier molecular flexibility index (Phi) is 6.97. The zero-order valence-electron chi connectivity index (χ0n) is 18.8. The minimum atomic E-state index is -3.17. The van der Waals surface area contributed by atoms with Crippen molar-refractivity contribution in [1.29, 1.82) is 0 Å². The lowest BCUT2D eigenvalue weighted by molar-refractivity contribution is 0.136. The predicted octanol–water partition coefficient (Wildman–Crippen LogP) is 5.36. The molecule has 168 valence electrons. The van der Waals surface area contributed by atoms with Crippen LogP contribution < -0.4 is 4.74 Å². The monoisotopic (exact) mass is 449 g/mol. The summed E-state index contributed by atoms with van der Waals surface area (Å²) in [4.78, 5) is 2.88. The fourth-order valence-electron chi connectivity index (χ4n) is 4.23. The second-order valence-corrected chi connectivity index (χ2v) is 10.9. The van der Waals surface area contributed by atoms with Gasteiger partial charge in [0.25, 0.3) is 0 Å². The van der Waals surface area contributed by atoms with Crippen LogP contribution in [0.4, 0.5) is 0 Å². The summed E-state index contributed by atoms with van der Waals surface area (Å²) >= 11 is 0. The van der Waals surface area contributed by atoms with Crippen LogP contribution >= 0.6 is 0 Å². The van der Waals surface area contributed by atoms with E-state index in [4.69, 9.17) is 4.74 Å². The second-order valence-electron chi connectivity index (χ2n) is 8.84. The number of likely N-dealkylation sites (tertiary alicyclic amines) is 1. The Morgan fingerprint density at radius 2 is 1.53 bits per heavy atom. The van der Waals surface area contributed by atoms with E-state index in [1.807, 2.05) is 36.4 Å². The van der Waals surface area contributed by atoms with Crippen molar-refractivity contribution >= 4 is 9.84 Å². The van der Waals surface area contributed by atoms with Crippen molar-refractivity contribution in [2.75, 3.05) is 26.0 Å². The molecule has 1 saturated heterocycles. The van der Waals surface area contributed by atoms with Gasteiger partial charge in [0, 0.05) is 12.8 Å². The number of hydrogen-bond donors (Lipinski definition) is 0. The molecular formula is C27H31NO3S. The van der Waals surface area contributed by atoms with Gasteiger partial charge in [-0.05, 0) is 79.7 Å². The number of nitrogens with zero attached hydrogens (tertiary/aromatic N) is 1. The van der Waals surface area contributed by atoms with Crippen molar-refractivity contribution < 1.29 is 13.2 Å². The van der Waals surface area contributed by atoms with Gasteiger partial charge in [-0.3, -0.25) is 4.90 Å². The molecule has 4 nitrogen and oxygen atoms in total. The van der Waals surface area contributed by atoms with Crippen molar-refractivity contribution in [3.8, 4) is 16.9 Å². The highest BCUT2D eigenvalue weighted by atomic mass is 32.2. The van der Waals surface area contributed by atoms with E-state index in [9.17, 15) is 8.42 Å². The third-order valence-corrected chi connectivity index (χ3v) is 7.28. The van der Waals surface area contributed by atoms with Crippen molar-refractivity contribution in [2.45, 2.75) is 31.2 Å². The molecule has 0 bridgehead atoms. The summed E-state index contributed by atoms with van der Waals surface area (Å²) in [5.74, 6) is 1.47. The van der Waals surface area contributed by atoms with Crippen molar-refractivity contribution in [1.82, 2.24) is 4.90 Å². The number of sulfone groups is 1. The van der Waals surface area contributed by atoms with E-state index in [0.717, 1.165) is 56.0 Å². The lowest BCUT2D eigenvalue weighted by Gasteiger charge is -2.32. The Morgan fingerprint density at radius 1 is 0.906 bits per heavy atom. The smallest absolute Gasteiger partial charge is 0.175 e. The van der Waals surface area contributed by atoms with Crippen LogP contribution in [0.1, 0.15) is 24.0 Å². The van der Waals surface area contributed by atoms with Crippen molar-refractivity contribution in [3.05, 3.63) is 83.9 Å². The maximum Gasteiger partial charge on any atom is 0.175 e. The van der Waals surface area contributed by atoms with Crippen LogP contribution in [-0.4, -0.2) is 39.3 Å². The topological polar surface area (TPSA) is 46.6 Å². The predicted molar refractivity (Wildman–Crippen MR) is 130 cm³/mol. The quantitative estimate of drug-likeness (QED) is 0.487. The molecule has 1 aliphatic rings. The highest BCUT2D eigenvalue weighted by Crippen LogP contribution is 2.25. The largest absolute Gasteiger partial charge is 0.493 e. The molecule has 0 unspecified atom stereocenters. The minimum absolute atomic E-state index is 0.339. The number of aryl methyl sites for hydroxylation is 1. The summed E-state index contributed by atoms with van der Waals surface area (Å²) in [5.41, 5.74) is 4.75. The molecule has 1 fully saturated rings. The van der Waals surface area contributed by atoms with Gasteiger partial charge in [0.05, 0.1) is 11.5 Å². The van der Waals surface area contributed by atoms with E-state index in [1.165, 1.54) is 17.4 Å². The molecule has 3 aromatic carbocycles. The summed E-state index contributed by atoms with van der Waals surface area (Å²) in [7, 11) is -3.17. The first kappa shape index (κ1) is 22.6. The first-order chi connectivity index (χ1) is 15.4. The Morgan fingerprint density at radius 3 is 2.12 bits per heavy atom. The highest BCUT2D eigenvalue weighted by molar-refractivity contribution is 7.90. The fraction of sp³-hybridized carbons (Fsp3) is 0.333. The fourth-order valence-corrected chi connectivity index (χ4v) is 4.86. The van der Waals surface area contributed by atoms with Crippen LogP contribution in [0.15, 0.2) is 77.7 Å². The second kappa shape index (κ2) is 9.88. The van der Waals surface area contributed by atoms with Gasteiger partial charge in [-0.2, -0.15) is 0 Å². The zero-order valence-corrected chi connectivity index (χ0v) is 19.6. The van der Waals surface area contributed by atoms with Crippen LogP contribution in [0.5, 0.6) is 5.75 Å². The third-order valence-electron chi connectivity index (χ3n) is 6.15. The zero-order chi connectivity index (χ0) is 22.6. The Balaban J connectivity index is 1.25. The Hall–Kier alpha value is -2.63. The van der Waals surface area contributed by atoms with E-state index in [0.29, 0.717) is 10.8 Å². The molecule has 0 aromatic heterocycles. The average molecular weight is 450 g/mol. The lowest BCUT2D eigenvalue weighted by Crippen LogP contribution is -2.35. The molecule has 0 N–H and O–H groups in total. The van der Waals surface area contributed by atoms with Gasteiger partial charge in [-0.25, -0.2) is 8.42 Å². The van der Waals surface area contributed by atoms with E-state index in [-0.39, 0.29) is 0 Å². The summed E-state index contributed by atoms with van der Waals surface area (Å²) in [6.45, 7) is 6.16. The summed E-state index contributed by atoms with van der Waals surface area (Å²) < 4.78 is 29.3. The van der Waals surface area contributed by atoms with Crippen LogP contribution in [0.2, 0.25) is 0 Å². The van der Waals surface area contributed by atoms with E-state index in [2.05, 4.69) is 36.1 Å². The standard InChI is InChI=1S/C27H31NO3S/c1-21-4-3-5-23(18-21)19-28-16-14-22(15-17-28)20-31-26-10-6-24(7-11-26)25-8-12-27(13-9-25)32(2,29)30/h3-13,18,22H,14-17,19-20H2,1-2H3. The summed E-state index contributed by atoms with van der Waals surface area (Å²) in [6, 6.07) is 23.8. The molecule has 0 spiro atoms. The normalized spacial score (nSPS) is 15.6. The van der Waals surface area contributed by atoms with Gasteiger partial charge in [0.1, 0.15) is 5.75 Å². The number of rotatable bonds is 7. The van der Waals surface area contributed by atoms with Gasteiger partial charge in [0.15, 0.2) is 9.84 Å².